The zero-order valence-electron chi connectivity index (χ0n) is 6.33. The first-order valence-corrected chi connectivity index (χ1v) is 3.66. The van der Waals surface area contributed by atoms with Gasteiger partial charge >= 0.3 is 0 Å². The maximum atomic E-state index is 13.0. The van der Waals surface area contributed by atoms with Gasteiger partial charge in [0.15, 0.2) is 11.5 Å². The van der Waals surface area contributed by atoms with Crippen molar-refractivity contribution in [3.8, 4) is 0 Å². The molecule has 0 aliphatic carbocycles. The maximum Gasteiger partial charge on any atom is 0.238 e. The van der Waals surface area contributed by atoms with Gasteiger partial charge in [-0.05, 0) is 12.1 Å². The van der Waals surface area contributed by atoms with Crippen molar-refractivity contribution in [3.63, 3.8) is 0 Å². The Balaban J connectivity index is 2.39. The Hall–Kier alpha value is -1.45. The number of rotatable bonds is 1. The summed E-state index contributed by atoms with van der Waals surface area (Å²) in [4.78, 5) is 7.79. The van der Waals surface area contributed by atoms with E-state index in [1.165, 1.54) is 18.3 Å². The minimum absolute atomic E-state index is 0.204. The molecule has 1 aliphatic heterocycles. The third kappa shape index (κ3) is 1.15. The summed E-state index contributed by atoms with van der Waals surface area (Å²) in [6.45, 7) is 1.11. The number of aliphatic imine (C=N–C) groups is 1. The molecule has 3 nitrogen and oxygen atoms in total. The van der Waals surface area contributed by atoms with Gasteiger partial charge in [-0.25, -0.2) is 14.4 Å². The average Bonchev–Trinajstić information content (AvgIpc) is 2.57. The predicted octanol–water partition coefficient (Wildman–Crippen LogP) is 0.998. The lowest BCUT2D eigenvalue weighted by molar-refractivity contribution is 0.345. The molecule has 0 radical (unpaired) electrons. The van der Waals surface area contributed by atoms with E-state index in [9.17, 15) is 4.39 Å². The molecule has 1 aromatic rings. The average molecular weight is 166 g/mol. The first kappa shape index (κ1) is 7.21. The molecule has 0 N–H and O–H groups in total. The molecule has 0 atom stereocenters. The Morgan fingerprint density at radius 2 is 2.42 bits per heavy atom. The zero-order chi connectivity index (χ0) is 8.39. The number of hydrogen-bond acceptors (Lipinski definition) is 3. The van der Waals surface area contributed by atoms with E-state index in [0.717, 1.165) is 0 Å². The van der Waals surface area contributed by atoms with E-state index in [1.54, 1.807) is 0 Å². The Morgan fingerprint density at radius 3 is 3.08 bits per heavy atom. The van der Waals surface area contributed by atoms with Crippen LogP contribution in [0.25, 0.3) is 0 Å². The van der Waals surface area contributed by atoms with Crippen LogP contribution >= 0.6 is 0 Å². The van der Waals surface area contributed by atoms with Crippen LogP contribution in [0, 0.1) is 5.82 Å². The Labute approximate surface area is 68.9 Å². The van der Waals surface area contributed by atoms with E-state index in [1.807, 2.05) is 0 Å². The van der Waals surface area contributed by atoms with Gasteiger partial charge in [0.1, 0.15) is 6.61 Å². The van der Waals surface area contributed by atoms with Gasteiger partial charge in [-0.3, -0.25) is 0 Å². The van der Waals surface area contributed by atoms with Crippen molar-refractivity contribution in [3.05, 3.63) is 29.8 Å². The van der Waals surface area contributed by atoms with Crippen LogP contribution in [0.2, 0.25) is 0 Å². The van der Waals surface area contributed by atoms with Gasteiger partial charge in [-0.2, -0.15) is 0 Å². The van der Waals surface area contributed by atoms with Crippen molar-refractivity contribution in [1.82, 2.24) is 4.98 Å². The highest BCUT2D eigenvalue weighted by Gasteiger charge is 2.15. The van der Waals surface area contributed by atoms with E-state index >= 15 is 0 Å². The highest BCUT2D eigenvalue weighted by atomic mass is 19.1. The summed E-state index contributed by atoms with van der Waals surface area (Å²) in [5.74, 6) is -0.0775. The Kier molecular flexibility index (Phi) is 1.74. The number of aromatic nitrogens is 1. The molecule has 0 spiro atoms. The number of pyridine rings is 1. The molecule has 0 saturated heterocycles. The topological polar surface area (TPSA) is 34.5 Å². The van der Waals surface area contributed by atoms with Crippen LogP contribution in [0.5, 0.6) is 0 Å². The van der Waals surface area contributed by atoms with Crippen LogP contribution in [0.4, 0.5) is 4.39 Å². The van der Waals surface area contributed by atoms with Gasteiger partial charge in [0.2, 0.25) is 5.90 Å². The van der Waals surface area contributed by atoms with Crippen molar-refractivity contribution >= 4 is 5.90 Å². The normalized spacial score (nSPS) is 15.6. The zero-order valence-corrected chi connectivity index (χ0v) is 6.33. The van der Waals surface area contributed by atoms with Crippen LogP contribution in [-0.2, 0) is 4.74 Å². The fourth-order valence-electron chi connectivity index (χ4n) is 1.02. The molecule has 4 heteroatoms. The number of ether oxygens (including phenoxy) is 1. The molecule has 62 valence electrons. The van der Waals surface area contributed by atoms with Crippen LogP contribution in [-0.4, -0.2) is 24.0 Å². The lowest BCUT2D eigenvalue weighted by Crippen LogP contribution is -2.06. The first-order valence-electron chi connectivity index (χ1n) is 3.66. The first-order chi connectivity index (χ1) is 5.88. The van der Waals surface area contributed by atoms with Crippen LogP contribution < -0.4 is 0 Å². The molecule has 0 amide bonds. The number of hydrogen-bond donors (Lipinski definition) is 0. The predicted molar refractivity (Wildman–Crippen MR) is 41.6 cm³/mol. The Bertz CT molecular complexity index is 325. The van der Waals surface area contributed by atoms with Crippen molar-refractivity contribution < 1.29 is 9.13 Å². The molecule has 0 fully saturated rings. The standard InChI is InChI=1S/C8H7FN2O/c9-6-2-1-3-10-7(6)8-11-4-5-12-8/h1-3H,4-5H2. The maximum absolute atomic E-state index is 13.0. The van der Waals surface area contributed by atoms with Gasteiger partial charge in [0, 0.05) is 6.20 Å². The molecule has 0 aromatic carbocycles. The summed E-state index contributed by atoms with van der Waals surface area (Å²) in [5, 5.41) is 0. The molecule has 0 unspecified atom stereocenters. The molecular weight excluding hydrogens is 159 g/mol. The van der Waals surface area contributed by atoms with Crippen molar-refractivity contribution in [2.24, 2.45) is 4.99 Å². The molecule has 0 saturated carbocycles. The minimum atomic E-state index is -0.391. The summed E-state index contributed by atoms with van der Waals surface area (Å²) < 4.78 is 18.1. The fourth-order valence-corrected chi connectivity index (χ4v) is 1.02. The second kappa shape index (κ2) is 2.89. The number of halogens is 1. The largest absolute Gasteiger partial charge is 0.474 e. The number of nitrogens with zero attached hydrogens (tertiary/aromatic N) is 2. The lowest BCUT2D eigenvalue weighted by atomic mass is 10.3. The van der Waals surface area contributed by atoms with E-state index in [-0.39, 0.29) is 5.69 Å². The van der Waals surface area contributed by atoms with Gasteiger partial charge < -0.3 is 4.74 Å². The van der Waals surface area contributed by atoms with Crippen molar-refractivity contribution in [2.75, 3.05) is 13.2 Å². The second-order valence-corrected chi connectivity index (χ2v) is 2.37. The lowest BCUT2D eigenvalue weighted by Gasteiger charge is -2.00. The molecule has 2 heterocycles. The van der Waals surface area contributed by atoms with E-state index < -0.39 is 5.82 Å². The molecule has 12 heavy (non-hydrogen) atoms. The summed E-state index contributed by atoms with van der Waals surface area (Å²) in [6, 6.07) is 2.88. The third-order valence-electron chi connectivity index (χ3n) is 1.55. The summed E-state index contributed by atoms with van der Waals surface area (Å²) in [6.07, 6.45) is 1.52. The van der Waals surface area contributed by atoms with Gasteiger partial charge in [0.25, 0.3) is 0 Å². The SMILES string of the molecule is Fc1cccnc1C1=NCCO1. The molecular formula is C8H7FN2O. The molecule has 1 aliphatic rings. The molecule has 0 bridgehead atoms. The summed E-state index contributed by atoms with van der Waals surface area (Å²) in [5.41, 5.74) is 0.204. The van der Waals surface area contributed by atoms with Gasteiger partial charge in [-0.15, -0.1) is 0 Å². The van der Waals surface area contributed by atoms with E-state index in [0.29, 0.717) is 19.0 Å². The smallest absolute Gasteiger partial charge is 0.238 e. The van der Waals surface area contributed by atoms with Crippen molar-refractivity contribution in [2.45, 2.75) is 0 Å². The van der Waals surface area contributed by atoms with Crippen LogP contribution in [0.15, 0.2) is 23.3 Å². The Morgan fingerprint density at radius 1 is 1.50 bits per heavy atom. The van der Waals surface area contributed by atoms with Gasteiger partial charge in [0.05, 0.1) is 6.54 Å². The highest BCUT2D eigenvalue weighted by Crippen LogP contribution is 2.08. The third-order valence-corrected chi connectivity index (χ3v) is 1.55. The molecule has 1 aromatic heterocycles. The van der Waals surface area contributed by atoms with Crippen LogP contribution in [0.3, 0.4) is 0 Å². The quantitative estimate of drug-likeness (QED) is 0.623. The minimum Gasteiger partial charge on any atom is -0.474 e. The van der Waals surface area contributed by atoms with E-state index in [2.05, 4.69) is 9.98 Å². The van der Waals surface area contributed by atoms with Gasteiger partial charge in [-0.1, -0.05) is 0 Å². The highest BCUT2D eigenvalue weighted by molar-refractivity contribution is 5.93. The fraction of sp³-hybridized carbons (Fsp3) is 0.250. The summed E-state index contributed by atoms with van der Waals surface area (Å²) >= 11 is 0. The monoisotopic (exact) mass is 166 g/mol. The van der Waals surface area contributed by atoms with Crippen LogP contribution in [0.1, 0.15) is 5.69 Å². The second-order valence-electron chi connectivity index (χ2n) is 2.37. The van der Waals surface area contributed by atoms with E-state index in [4.69, 9.17) is 4.74 Å². The summed E-state index contributed by atoms with van der Waals surface area (Å²) in [7, 11) is 0. The van der Waals surface area contributed by atoms with Crippen molar-refractivity contribution in [1.29, 1.82) is 0 Å². The molecule has 2 rings (SSSR count).